The van der Waals surface area contributed by atoms with Gasteiger partial charge < -0.3 is 10.0 Å². The first-order chi connectivity index (χ1) is 11.4. The van der Waals surface area contributed by atoms with Crippen LogP contribution in [0.15, 0.2) is 42.6 Å². The number of hydrogen-bond acceptors (Lipinski definition) is 4. The smallest absolute Gasteiger partial charge is 0.383 e. The van der Waals surface area contributed by atoms with Crippen molar-refractivity contribution < 1.29 is 18.3 Å². The molecule has 1 aliphatic heterocycles. The van der Waals surface area contributed by atoms with Gasteiger partial charge in [0, 0.05) is 24.8 Å². The Morgan fingerprint density at radius 1 is 1.08 bits per heavy atom. The highest BCUT2D eigenvalue weighted by Crippen LogP contribution is 2.32. The number of anilines is 1. The van der Waals surface area contributed by atoms with Crippen LogP contribution in [-0.2, 0) is 0 Å². The zero-order valence-electron chi connectivity index (χ0n) is 12.9. The standard InChI is InChI=1S/C17H18F3N3O/c18-17(19,20)15(24)12-7-10-23(11-8-12)14-6-9-21-16(22-14)13-4-2-1-3-5-13/h1-6,9,12,15,24H,7-8,10-11H2. The van der Waals surface area contributed by atoms with Gasteiger partial charge in [-0.2, -0.15) is 13.2 Å². The van der Waals surface area contributed by atoms with E-state index < -0.39 is 18.2 Å². The number of aromatic nitrogens is 2. The molecule has 2 aromatic rings. The summed E-state index contributed by atoms with van der Waals surface area (Å²) in [6.45, 7) is 0.867. The van der Waals surface area contributed by atoms with Crippen molar-refractivity contribution in [2.75, 3.05) is 18.0 Å². The van der Waals surface area contributed by atoms with Crippen molar-refractivity contribution in [1.82, 2.24) is 9.97 Å². The molecule has 1 fully saturated rings. The number of rotatable bonds is 3. The number of hydrogen-bond donors (Lipinski definition) is 1. The summed E-state index contributed by atoms with van der Waals surface area (Å²) in [6.07, 6.45) is -4.58. The number of aliphatic hydroxyl groups excluding tert-OH is 1. The van der Waals surface area contributed by atoms with E-state index in [4.69, 9.17) is 0 Å². The zero-order chi connectivity index (χ0) is 17.2. The first-order valence-corrected chi connectivity index (χ1v) is 7.83. The molecule has 24 heavy (non-hydrogen) atoms. The lowest BCUT2D eigenvalue weighted by Gasteiger charge is -2.35. The van der Waals surface area contributed by atoms with E-state index in [0.717, 1.165) is 5.56 Å². The number of halogens is 3. The van der Waals surface area contributed by atoms with Gasteiger partial charge in [0.05, 0.1) is 0 Å². The van der Waals surface area contributed by atoms with E-state index in [-0.39, 0.29) is 12.8 Å². The Kier molecular flexibility index (Phi) is 4.71. The van der Waals surface area contributed by atoms with Crippen LogP contribution in [0.2, 0.25) is 0 Å². The van der Waals surface area contributed by atoms with Gasteiger partial charge >= 0.3 is 6.18 Å². The van der Waals surface area contributed by atoms with Crippen molar-refractivity contribution >= 4 is 5.82 Å². The lowest BCUT2D eigenvalue weighted by atomic mass is 9.91. The minimum absolute atomic E-state index is 0.283. The second kappa shape index (κ2) is 6.76. The van der Waals surface area contributed by atoms with Crippen LogP contribution < -0.4 is 4.90 Å². The molecule has 0 radical (unpaired) electrons. The Morgan fingerprint density at radius 2 is 1.75 bits per heavy atom. The minimum Gasteiger partial charge on any atom is -0.383 e. The minimum atomic E-state index is -4.55. The molecular formula is C17H18F3N3O. The van der Waals surface area contributed by atoms with E-state index >= 15 is 0 Å². The van der Waals surface area contributed by atoms with Gasteiger partial charge in [0.2, 0.25) is 0 Å². The van der Waals surface area contributed by atoms with Gasteiger partial charge in [0.15, 0.2) is 11.9 Å². The maximum absolute atomic E-state index is 12.6. The van der Waals surface area contributed by atoms with E-state index in [1.807, 2.05) is 35.2 Å². The maximum Gasteiger partial charge on any atom is 0.414 e. The van der Waals surface area contributed by atoms with Crippen LogP contribution in [0.25, 0.3) is 11.4 Å². The Balaban J connectivity index is 1.69. The highest BCUT2D eigenvalue weighted by atomic mass is 19.4. The average Bonchev–Trinajstić information content (AvgIpc) is 2.61. The third kappa shape index (κ3) is 3.67. The molecule has 7 heteroatoms. The van der Waals surface area contributed by atoms with Gasteiger partial charge in [-0.1, -0.05) is 30.3 Å². The lowest BCUT2D eigenvalue weighted by molar-refractivity contribution is -0.221. The molecule has 1 N–H and O–H groups in total. The normalized spacial score (nSPS) is 17.8. The number of nitrogens with zero attached hydrogens (tertiary/aromatic N) is 3. The van der Waals surface area contributed by atoms with Gasteiger partial charge in [-0.3, -0.25) is 0 Å². The quantitative estimate of drug-likeness (QED) is 0.934. The second-order valence-electron chi connectivity index (χ2n) is 5.92. The Hall–Kier alpha value is -2.15. The molecule has 0 amide bonds. The number of aliphatic hydroxyl groups is 1. The third-order valence-electron chi connectivity index (χ3n) is 4.32. The van der Waals surface area contributed by atoms with Gasteiger partial charge in [-0.15, -0.1) is 0 Å². The molecule has 1 aliphatic rings. The highest BCUT2D eigenvalue weighted by molar-refractivity contribution is 5.57. The van der Waals surface area contributed by atoms with Crippen LogP contribution in [0.4, 0.5) is 19.0 Å². The van der Waals surface area contributed by atoms with Crippen molar-refractivity contribution in [2.24, 2.45) is 5.92 Å². The number of piperidine rings is 1. The molecule has 1 unspecified atom stereocenters. The largest absolute Gasteiger partial charge is 0.414 e. The van der Waals surface area contributed by atoms with Crippen molar-refractivity contribution in [3.63, 3.8) is 0 Å². The molecule has 3 rings (SSSR count). The van der Waals surface area contributed by atoms with Crippen molar-refractivity contribution in [2.45, 2.75) is 25.1 Å². The van der Waals surface area contributed by atoms with E-state index in [9.17, 15) is 18.3 Å². The molecule has 1 aromatic heterocycles. The molecule has 1 aromatic carbocycles. The Morgan fingerprint density at radius 3 is 2.38 bits per heavy atom. The maximum atomic E-state index is 12.6. The van der Waals surface area contributed by atoms with Crippen LogP contribution in [0.3, 0.4) is 0 Å². The first-order valence-electron chi connectivity index (χ1n) is 7.83. The van der Waals surface area contributed by atoms with E-state index in [1.165, 1.54) is 0 Å². The van der Waals surface area contributed by atoms with Crippen molar-refractivity contribution in [3.8, 4) is 11.4 Å². The molecule has 0 bridgehead atoms. The van der Waals surface area contributed by atoms with E-state index in [1.54, 1.807) is 12.3 Å². The van der Waals surface area contributed by atoms with Crippen LogP contribution in [0.5, 0.6) is 0 Å². The third-order valence-corrected chi connectivity index (χ3v) is 4.32. The van der Waals surface area contributed by atoms with E-state index in [0.29, 0.717) is 24.7 Å². The van der Waals surface area contributed by atoms with Gasteiger partial charge in [-0.25, -0.2) is 9.97 Å². The molecule has 0 spiro atoms. The monoisotopic (exact) mass is 337 g/mol. The highest BCUT2D eigenvalue weighted by Gasteiger charge is 2.44. The van der Waals surface area contributed by atoms with Gasteiger partial charge in [0.25, 0.3) is 0 Å². The van der Waals surface area contributed by atoms with Crippen LogP contribution >= 0.6 is 0 Å². The summed E-state index contributed by atoms with van der Waals surface area (Å²) < 4.78 is 37.8. The van der Waals surface area contributed by atoms with E-state index in [2.05, 4.69) is 9.97 Å². The summed E-state index contributed by atoms with van der Waals surface area (Å²) >= 11 is 0. The molecule has 1 atom stereocenters. The van der Waals surface area contributed by atoms with Gasteiger partial charge in [-0.05, 0) is 24.8 Å². The summed E-state index contributed by atoms with van der Waals surface area (Å²) in [5.74, 6) is 0.533. The topological polar surface area (TPSA) is 49.2 Å². The molecule has 4 nitrogen and oxygen atoms in total. The van der Waals surface area contributed by atoms with Crippen LogP contribution in [-0.4, -0.2) is 40.4 Å². The second-order valence-corrected chi connectivity index (χ2v) is 5.92. The summed E-state index contributed by atoms with van der Waals surface area (Å²) in [4.78, 5) is 10.7. The summed E-state index contributed by atoms with van der Waals surface area (Å²) in [5, 5.41) is 9.39. The fourth-order valence-electron chi connectivity index (χ4n) is 2.96. The Labute approximate surface area is 138 Å². The molecule has 2 heterocycles. The summed E-state index contributed by atoms with van der Waals surface area (Å²) in [7, 11) is 0. The molecule has 0 saturated carbocycles. The fraction of sp³-hybridized carbons (Fsp3) is 0.412. The predicted octanol–water partition coefficient (Wildman–Crippen LogP) is 3.28. The Bertz CT molecular complexity index is 670. The predicted molar refractivity (Wildman–Crippen MR) is 84.5 cm³/mol. The van der Waals surface area contributed by atoms with Crippen molar-refractivity contribution in [1.29, 1.82) is 0 Å². The number of alkyl halides is 3. The first kappa shape index (κ1) is 16.7. The fourth-order valence-corrected chi connectivity index (χ4v) is 2.96. The van der Waals surface area contributed by atoms with Crippen molar-refractivity contribution in [3.05, 3.63) is 42.6 Å². The van der Waals surface area contributed by atoms with Crippen LogP contribution in [0, 0.1) is 5.92 Å². The summed E-state index contributed by atoms with van der Waals surface area (Å²) in [6, 6.07) is 11.3. The molecule has 128 valence electrons. The average molecular weight is 337 g/mol. The van der Waals surface area contributed by atoms with Gasteiger partial charge in [0.1, 0.15) is 5.82 Å². The zero-order valence-corrected chi connectivity index (χ0v) is 12.9. The molecular weight excluding hydrogens is 319 g/mol. The summed E-state index contributed by atoms with van der Waals surface area (Å²) in [5.41, 5.74) is 0.890. The number of benzene rings is 1. The molecule has 0 aliphatic carbocycles. The SMILES string of the molecule is OC(C1CCN(c2ccnc(-c3ccccc3)n2)CC1)C(F)(F)F. The lowest BCUT2D eigenvalue weighted by Crippen LogP contribution is -2.43. The molecule has 1 saturated heterocycles. The van der Waals surface area contributed by atoms with Crippen LogP contribution in [0.1, 0.15) is 12.8 Å².